The Bertz CT molecular complexity index is 772. The molecule has 0 aliphatic carbocycles. The highest BCUT2D eigenvalue weighted by Crippen LogP contribution is 2.30. The van der Waals surface area contributed by atoms with Crippen molar-refractivity contribution in [1.29, 1.82) is 0 Å². The Kier molecular flexibility index (Phi) is 3.65. The number of hydrogen-bond acceptors (Lipinski definition) is 4. The average molecular weight is 330 g/mol. The lowest BCUT2D eigenvalue weighted by Gasteiger charge is -2.46. The molecule has 2 aliphatic heterocycles. The first-order valence-corrected chi connectivity index (χ1v) is 7.99. The number of amides is 1. The van der Waals surface area contributed by atoms with Crippen LogP contribution in [0.1, 0.15) is 23.2 Å². The number of carbonyl (C=O) groups is 2. The average Bonchev–Trinajstić information content (AvgIpc) is 2.98. The van der Waals surface area contributed by atoms with Crippen LogP contribution in [0.25, 0.3) is 10.9 Å². The molecule has 0 spiro atoms. The highest BCUT2D eigenvalue weighted by Gasteiger charge is 2.43. The SMILES string of the molecule is O=C(OC1CC2COCC(C1)N2C(=O)O)c1c[nH]c2ccccc12. The second kappa shape index (κ2) is 5.83. The van der Waals surface area contributed by atoms with Crippen molar-refractivity contribution in [3.63, 3.8) is 0 Å². The minimum absolute atomic E-state index is 0.254. The summed E-state index contributed by atoms with van der Waals surface area (Å²) in [6, 6.07) is 7.04. The lowest BCUT2D eigenvalue weighted by molar-refractivity contribution is -0.0943. The quantitative estimate of drug-likeness (QED) is 0.824. The standard InChI is InChI=1S/C17H18N2O5/c20-16(14-7-18-15-4-2-1-3-13(14)15)24-12-5-10-8-23-9-11(6-12)19(10)17(21)22/h1-4,7,10-12,18H,5-6,8-9H2,(H,21,22). The van der Waals surface area contributed by atoms with Crippen LogP contribution in [0.5, 0.6) is 0 Å². The summed E-state index contributed by atoms with van der Waals surface area (Å²) in [7, 11) is 0. The van der Waals surface area contributed by atoms with Crippen LogP contribution in [0, 0.1) is 0 Å². The second-order valence-electron chi connectivity index (χ2n) is 6.28. The van der Waals surface area contributed by atoms with Crippen molar-refractivity contribution < 1.29 is 24.2 Å². The smallest absolute Gasteiger partial charge is 0.407 e. The third-order valence-corrected chi connectivity index (χ3v) is 4.78. The first kappa shape index (κ1) is 15.0. The molecule has 2 unspecified atom stereocenters. The highest BCUT2D eigenvalue weighted by molar-refractivity contribution is 6.04. The van der Waals surface area contributed by atoms with E-state index in [4.69, 9.17) is 9.47 Å². The Labute approximate surface area is 138 Å². The van der Waals surface area contributed by atoms with Crippen LogP contribution in [-0.2, 0) is 9.47 Å². The third kappa shape index (κ3) is 2.50. The number of carbonyl (C=O) groups excluding carboxylic acids is 1. The highest BCUT2D eigenvalue weighted by atomic mass is 16.5. The van der Waals surface area contributed by atoms with Crippen molar-refractivity contribution in [1.82, 2.24) is 9.88 Å². The number of nitrogens with zero attached hydrogens (tertiary/aromatic N) is 1. The molecule has 1 amide bonds. The summed E-state index contributed by atoms with van der Waals surface area (Å²) in [6.07, 6.45) is 1.37. The second-order valence-corrected chi connectivity index (χ2v) is 6.28. The maximum Gasteiger partial charge on any atom is 0.407 e. The minimum atomic E-state index is -0.935. The molecule has 3 heterocycles. The molecular weight excluding hydrogens is 312 g/mol. The van der Waals surface area contributed by atoms with E-state index in [0.29, 0.717) is 31.6 Å². The van der Waals surface area contributed by atoms with Gasteiger partial charge in [-0.25, -0.2) is 9.59 Å². The summed E-state index contributed by atoms with van der Waals surface area (Å²) in [5.74, 6) is -0.375. The molecule has 7 nitrogen and oxygen atoms in total. The number of aromatic amines is 1. The number of nitrogens with one attached hydrogen (secondary N) is 1. The molecule has 4 rings (SSSR count). The van der Waals surface area contributed by atoms with Crippen molar-refractivity contribution in [3.8, 4) is 0 Å². The van der Waals surface area contributed by atoms with Gasteiger partial charge >= 0.3 is 12.1 Å². The predicted octanol–water partition coefficient (Wildman–Crippen LogP) is 2.23. The number of ether oxygens (including phenoxy) is 2. The maximum atomic E-state index is 12.5. The number of benzene rings is 1. The zero-order valence-corrected chi connectivity index (χ0v) is 13.0. The largest absolute Gasteiger partial charge is 0.465 e. The van der Waals surface area contributed by atoms with E-state index >= 15 is 0 Å². The Hall–Kier alpha value is -2.54. The zero-order valence-electron chi connectivity index (χ0n) is 13.0. The number of aromatic nitrogens is 1. The van der Waals surface area contributed by atoms with Crippen molar-refractivity contribution in [2.45, 2.75) is 31.0 Å². The first-order valence-electron chi connectivity index (χ1n) is 7.99. The fraction of sp³-hybridized carbons (Fsp3) is 0.412. The summed E-state index contributed by atoms with van der Waals surface area (Å²) in [5.41, 5.74) is 1.39. The Morgan fingerprint density at radius 1 is 1.21 bits per heavy atom. The number of morpholine rings is 1. The fourth-order valence-corrected chi connectivity index (χ4v) is 3.73. The van der Waals surface area contributed by atoms with Gasteiger partial charge in [-0.3, -0.25) is 4.90 Å². The van der Waals surface area contributed by atoms with E-state index in [9.17, 15) is 14.7 Å². The predicted molar refractivity (Wildman–Crippen MR) is 85.0 cm³/mol. The number of piperidine rings is 1. The van der Waals surface area contributed by atoms with Gasteiger partial charge in [-0.05, 0) is 6.07 Å². The minimum Gasteiger partial charge on any atom is -0.465 e. The molecule has 2 saturated heterocycles. The molecule has 2 fully saturated rings. The fourth-order valence-electron chi connectivity index (χ4n) is 3.73. The van der Waals surface area contributed by atoms with E-state index < -0.39 is 6.09 Å². The molecule has 0 radical (unpaired) electrons. The molecular formula is C17H18N2O5. The van der Waals surface area contributed by atoms with Gasteiger partial charge in [0.1, 0.15) is 6.10 Å². The normalized spacial score (nSPS) is 26.3. The van der Waals surface area contributed by atoms with E-state index in [2.05, 4.69) is 4.98 Å². The van der Waals surface area contributed by atoms with Crippen LogP contribution in [0.15, 0.2) is 30.5 Å². The van der Waals surface area contributed by atoms with Crippen LogP contribution in [0.2, 0.25) is 0 Å². The lowest BCUT2D eigenvalue weighted by atomic mass is 9.92. The topological polar surface area (TPSA) is 91.9 Å². The number of carboxylic acid groups (broad SMARTS) is 1. The van der Waals surface area contributed by atoms with Gasteiger partial charge in [0.25, 0.3) is 0 Å². The summed E-state index contributed by atoms with van der Waals surface area (Å²) < 4.78 is 11.1. The molecule has 2 bridgehead atoms. The first-order chi connectivity index (χ1) is 11.6. The maximum absolute atomic E-state index is 12.5. The van der Waals surface area contributed by atoms with Gasteiger partial charge in [0.2, 0.25) is 0 Å². The Morgan fingerprint density at radius 3 is 2.62 bits per heavy atom. The van der Waals surface area contributed by atoms with Gasteiger partial charge in [0, 0.05) is 29.9 Å². The number of fused-ring (bicyclic) bond motifs is 3. The summed E-state index contributed by atoms with van der Waals surface area (Å²) in [4.78, 5) is 28.4. The molecule has 126 valence electrons. The van der Waals surface area contributed by atoms with Gasteiger partial charge in [0.15, 0.2) is 0 Å². The molecule has 2 atom stereocenters. The summed E-state index contributed by atoms with van der Waals surface area (Å²) >= 11 is 0. The molecule has 0 saturated carbocycles. The number of rotatable bonds is 2. The van der Waals surface area contributed by atoms with Crippen molar-refractivity contribution >= 4 is 23.0 Å². The van der Waals surface area contributed by atoms with Crippen molar-refractivity contribution in [3.05, 3.63) is 36.0 Å². The Morgan fingerprint density at radius 2 is 1.92 bits per heavy atom. The Balaban J connectivity index is 1.50. The number of H-pyrrole nitrogens is 1. The zero-order chi connectivity index (χ0) is 16.7. The molecule has 7 heteroatoms. The van der Waals surface area contributed by atoms with Gasteiger partial charge in [-0.15, -0.1) is 0 Å². The van der Waals surface area contributed by atoms with Crippen LogP contribution in [0.4, 0.5) is 4.79 Å². The van der Waals surface area contributed by atoms with Crippen LogP contribution in [-0.4, -0.2) is 58.5 Å². The van der Waals surface area contributed by atoms with E-state index in [1.54, 1.807) is 6.20 Å². The van der Waals surface area contributed by atoms with E-state index in [1.807, 2.05) is 24.3 Å². The monoisotopic (exact) mass is 330 g/mol. The van der Waals surface area contributed by atoms with Gasteiger partial charge in [-0.1, -0.05) is 18.2 Å². The summed E-state index contributed by atoms with van der Waals surface area (Å²) in [6.45, 7) is 0.702. The van der Waals surface area contributed by atoms with Crippen LogP contribution in [0.3, 0.4) is 0 Å². The molecule has 1 aromatic heterocycles. The number of esters is 1. The van der Waals surface area contributed by atoms with E-state index in [-0.39, 0.29) is 24.2 Å². The van der Waals surface area contributed by atoms with Gasteiger partial charge in [0.05, 0.1) is 30.9 Å². The molecule has 2 N–H and O–H groups in total. The van der Waals surface area contributed by atoms with Gasteiger partial charge < -0.3 is 19.6 Å². The third-order valence-electron chi connectivity index (χ3n) is 4.78. The van der Waals surface area contributed by atoms with Crippen LogP contribution >= 0.6 is 0 Å². The van der Waals surface area contributed by atoms with E-state index in [0.717, 1.165) is 10.9 Å². The molecule has 2 aromatic rings. The van der Waals surface area contributed by atoms with Crippen molar-refractivity contribution in [2.75, 3.05) is 13.2 Å². The van der Waals surface area contributed by atoms with Crippen LogP contribution < -0.4 is 0 Å². The lowest BCUT2D eigenvalue weighted by Crippen LogP contribution is -2.60. The molecule has 1 aromatic carbocycles. The molecule has 24 heavy (non-hydrogen) atoms. The number of para-hydroxylation sites is 1. The molecule has 2 aliphatic rings. The van der Waals surface area contributed by atoms with Crippen molar-refractivity contribution in [2.24, 2.45) is 0 Å². The van der Waals surface area contributed by atoms with Gasteiger partial charge in [-0.2, -0.15) is 0 Å². The van der Waals surface area contributed by atoms with E-state index in [1.165, 1.54) is 4.90 Å². The number of hydrogen-bond donors (Lipinski definition) is 2. The summed E-state index contributed by atoms with van der Waals surface area (Å²) in [5, 5.41) is 10.2.